The second-order valence-corrected chi connectivity index (χ2v) is 9.74. The van der Waals surface area contributed by atoms with Gasteiger partial charge >= 0.3 is 0 Å². The first kappa shape index (κ1) is 20.7. The van der Waals surface area contributed by atoms with E-state index in [-0.39, 0.29) is 5.60 Å². The molecule has 30 heavy (non-hydrogen) atoms. The topological polar surface area (TPSA) is 22.1 Å². The van der Waals surface area contributed by atoms with Crippen LogP contribution in [0.1, 0.15) is 49.6 Å². The van der Waals surface area contributed by atoms with E-state index in [0.29, 0.717) is 11.8 Å². The number of allylic oxidation sites excluding steroid dienone is 1. The average molecular weight is 400 g/mol. The Kier molecular flexibility index (Phi) is 5.69. The Morgan fingerprint density at radius 3 is 2.47 bits per heavy atom. The lowest BCUT2D eigenvalue weighted by atomic mass is 9.98. The number of rotatable bonds is 7. The van der Waals surface area contributed by atoms with Crippen LogP contribution in [0.25, 0.3) is 10.9 Å². The predicted octanol–water partition coefficient (Wildman–Crippen LogP) is 6.84. The molecule has 1 saturated carbocycles. The Morgan fingerprint density at radius 1 is 1.03 bits per heavy atom. The molecule has 0 spiro atoms. The first-order valence-corrected chi connectivity index (χ1v) is 11.1. The van der Waals surface area contributed by atoms with Crippen molar-refractivity contribution in [3.63, 3.8) is 0 Å². The van der Waals surface area contributed by atoms with Gasteiger partial charge < -0.3 is 4.74 Å². The van der Waals surface area contributed by atoms with Gasteiger partial charge in [0.1, 0.15) is 5.60 Å². The average Bonchev–Trinajstić information content (AvgIpc) is 3.45. The summed E-state index contributed by atoms with van der Waals surface area (Å²) in [5.41, 5.74) is 6.24. The third-order valence-electron chi connectivity index (χ3n) is 5.91. The van der Waals surface area contributed by atoms with E-state index in [1.165, 1.54) is 28.5 Å². The highest BCUT2D eigenvalue weighted by molar-refractivity contribution is 5.82. The number of hydrogen-bond donors (Lipinski definition) is 0. The summed E-state index contributed by atoms with van der Waals surface area (Å²) in [5, 5.41) is 1.28. The number of nitrogens with zero attached hydrogens (tertiary/aromatic N) is 1. The monoisotopic (exact) mass is 399 g/mol. The fourth-order valence-electron chi connectivity index (χ4n) is 4.36. The molecular formula is C28H33NO. The molecule has 0 saturated heterocycles. The predicted molar refractivity (Wildman–Crippen MR) is 126 cm³/mol. The number of aromatic nitrogens is 1. The van der Waals surface area contributed by atoms with Crippen LogP contribution in [0.4, 0.5) is 0 Å². The molecule has 2 unspecified atom stereocenters. The highest BCUT2D eigenvalue weighted by Crippen LogP contribution is 2.46. The molecule has 2 atom stereocenters. The molecule has 0 aliphatic heterocycles. The molecule has 0 bridgehead atoms. The zero-order chi connectivity index (χ0) is 21.3. The van der Waals surface area contributed by atoms with Crippen molar-refractivity contribution in [1.29, 1.82) is 0 Å². The zero-order valence-electron chi connectivity index (χ0n) is 18.7. The van der Waals surface area contributed by atoms with Crippen molar-refractivity contribution in [3.8, 4) is 0 Å². The van der Waals surface area contributed by atoms with E-state index < -0.39 is 0 Å². The second-order valence-electron chi connectivity index (χ2n) is 9.74. The minimum absolute atomic E-state index is 0.148. The Bertz CT molecular complexity index is 1040. The van der Waals surface area contributed by atoms with Crippen molar-refractivity contribution in [2.45, 2.75) is 59.0 Å². The molecule has 3 aromatic rings. The van der Waals surface area contributed by atoms with E-state index in [2.05, 4.69) is 93.9 Å². The minimum atomic E-state index is -0.148. The van der Waals surface area contributed by atoms with Crippen LogP contribution in [-0.2, 0) is 24.0 Å². The number of aryl methyl sites for hydroxylation is 3. The summed E-state index contributed by atoms with van der Waals surface area (Å²) in [6, 6.07) is 19.9. The first-order valence-electron chi connectivity index (χ1n) is 11.1. The zero-order valence-corrected chi connectivity index (χ0v) is 18.7. The van der Waals surface area contributed by atoms with Crippen LogP contribution in [0, 0.1) is 18.8 Å². The molecule has 2 nitrogen and oxygen atoms in total. The summed E-state index contributed by atoms with van der Waals surface area (Å²) < 4.78 is 5.96. The summed E-state index contributed by atoms with van der Waals surface area (Å²) in [6.07, 6.45) is 4.41. The van der Waals surface area contributed by atoms with Crippen molar-refractivity contribution < 1.29 is 4.74 Å². The Hall–Kier alpha value is -2.61. The lowest BCUT2D eigenvalue weighted by Gasteiger charge is -2.23. The van der Waals surface area contributed by atoms with Gasteiger partial charge in [-0.3, -0.25) is 4.98 Å². The molecule has 1 aromatic heterocycles. The molecule has 1 aliphatic carbocycles. The number of para-hydroxylation sites is 1. The third-order valence-corrected chi connectivity index (χ3v) is 5.91. The van der Waals surface area contributed by atoms with Gasteiger partial charge in [0.25, 0.3) is 0 Å². The lowest BCUT2D eigenvalue weighted by Crippen LogP contribution is -2.19. The number of pyridine rings is 1. The van der Waals surface area contributed by atoms with E-state index in [1.807, 2.05) is 0 Å². The van der Waals surface area contributed by atoms with Crippen molar-refractivity contribution in [2.24, 2.45) is 11.8 Å². The van der Waals surface area contributed by atoms with Gasteiger partial charge in [-0.25, -0.2) is 0 Å². The number of hydrogen-bond acceptors (Lipinski definition) is 2. The smallest absolute Gasteiger partial charge is 0.100 e. The maximum absolute atomic E-state index is 5.96. The first-order chi connectivity index (χ1) is 14.3. The molecule has 1 heterocycles. The Morgan fingerprint density at radius 2 is 1.73 bits per heavy atom. The summed E-state index contributed by atoms with van der Waals surface area (Å²) >= 11 is 0. The Labute approximate surface area is 181 Å². The highest BCUT2D eigenvalue weighted by atomic mass is 16.5. The third kappa shape index (κ3) is 5.11. The molecule has 2 heteroatoms. The van der Waals surface area contributed by atoms with E-state index in [1.54, 1.807) is 0 Å². The fraction of sp³-hybridized carbons (Fsp3) is 0.393. The normalized spacial score (nSPS) is 18.4. The van der Waals surface area contributed by atoms with Crippen molar-refractivity contribution >= 4 is 10.9 Å². The van der Waals surface area contributed by atoms with Gasteiger partial charge in [0, 0.05) is 17.0 Å². The quantitative estimate of drug-likeness (QED) is 0.406. The van der Waals surface area contributed by atoms with Crippen LogP contribution in [0.2, 0.25) is 0 Å². The summed E-state index contributed by atoms with van der Waals surface area (Å²) in [7, 11) is 0. The summed E-state index contributed by atoms with van der Waals surface area (Å²) in [5.74, 6) is 2.16. The van der Waals surface area contributed by atoms with Gasteiger partial charge in [-0.1, -0.05) is 49.0 Å². The summed E-state index contributed by atoms with van der Waals surface area (Å²) in [4.78, 5) is 4.66. The van der Waals surface area contributed by atoms with Gasteiger partial charge in [0.15, 0.2) is 0 Å². The van der Waals surface area contributed by atoms with Crippen molar-refractivity contribution in [3.05, 3.63) is 89.3 Å². The lowest BCUT2D eigenvalue weighted by molar-refractivity contribution is 0.0433. The van der Waals surface area contributed by atoms with E-state index in [9.17, 15) is 0 Å². The minimum Gasteiger partial charge on any atom is -0.493 e. The number of fused-ring (bicyclic) bond motifs is 1. The molecule has 0 N–H and O–H groups in total. The molecule has 2 aromatic carbocycles. The van der Waals surface area contributed by atoms with Gasteiger partial charge in [-0.05, 0) is 88.1 Å². The molecule has 0 radical (unpaired) electrons. The molecule has 4 rings (SSSR count). The fourth-order valence-corrected chi connectivity index (χ4v) is 4.36. The standard InChI is InChI=1S/C28H33NO/c1-19-16-23(25-8-6-7-9-27(25)29-19)15-14-21-10-12-22(13-11-21)17-24-18-26(24)20(2)30-28(3,4)5/h6-13,16,24,26H,2,14-15,17-18H2,1,3-5H3. The van der Waals surface area contributed by atoms with Crippen LogP contribution in [0.15, 0.2) is 66.9 Å². The van der Waals surface area contributed by atoms with Gasteiger partial charge in [-0.15, -0.1) is 0 Å². The maximum atomic E-state index is 5.96. The SMILES string of the molecule is C=C(OC(C)(C)C)C1CC1Cc1ccc(CCc2cc(C)nc3ccccc23)cc1. The van der Waals surface area contributed by atoms with E-state index in [0.717, 1.165) is 36.2 Å². The number of benzene rings is 2. The Balaban J connectivity index is 1.34. The molecule has 1 aliphatic rings. The number of ether oxygens (including phenoxy) is 1. The highest BCUT2D eigenvalue weighted by Gasteiger charge is 2.41. The van der Waals surface area contributed by atoms with Crippen LogP contribution >= 0.6 is 0 Å². The van der Waals surface area contributed by atoms with Crippen LogP contribution in [0.3, 0.4) is 0 Å². The van der Waals surface area contributed by atoms with Crippen LogP contribution < -0.4 is 0 Å². The van der Waals surface area contributed by atoms with Gasteiger partial charge in [-0.2, -0.15) is 0 Å². The van der Waals surface area contributed by atoms with Crippen LogP contribution in [-0.4, -0.2) is 10.6 Å². The largest absolute Gasteiger partial charge is 0.493 e. The molecule has 1 fully saturated rings. The van der Waals surface area contributed by atoms with Crippen LogP contribution in [0.5, 0.6) is 0 Å². The second kappa shape index (κ2) is 8.26. The van der Waals surface area contributed by atoms with Crippen molar-refractivity contribution in [1.82, 2.24) is 4.98 Å². The molecular weight excluding hydrogens is 366 g/mol. The van der Waals surface area contributed by atoms with Gasteiger partial charge in [0.2, 0.25) is 0 Å². The van der Waals surface area contributed by atoms with Crippen molar-refractivity contribution in [2.75, 3.05) is 0 Å². The molecule has 156 valence electrons. The summed E-state index contributed by atoms with van der Waals surface area (Å²) in [6.45, 7) is 12.5. The van der Waals surface area contributed by atoms with Gasteiger partial charge in [0.05, 0.1) is 11.3 Å². The molecule has 0 amide bonds. The van der Waals surface area contributed by atoms with E-state index in [4.69, 9.17) is 4.74 Å². The maximum Gasteiger partial charge on any atom is 0.100 e. The van der Waals surface area contributed by atoms with E-state index >= 15 is 0 Å².